The summed E-state index contributed by atoms with van der Waals surface area (Å²) in [5.41, 5.74) is 0. The van der Waals surface area contributed by atoms with E-state index in [2.05, 4.69) is 17.1 Å². The molecule has 1 rings (SSSR count). The molecule has 0 amide bonds. The topological polar surface area (TPSA) is 35.5 Å². The normalized spacial score (nSPS) is 21.5. The van der Waals surface area contributed by atoms with Crippen LogP contribution in [0.2, 0.25) is 0 Å². The van der Waals surface area contributed by atoms with Crippen molar-refractivity contribution in [1.82, 2.24) is 10.2 Å². The molecule has 0 saturated carbocycles. The third-order valence-corrected chi connectivity index (χ3v) is 2.73. The summed E-state index contributed by atoms with van der Waals surface area (Å²) in [6, 6.07) is 0.604. The number of β-amino-alcohol motifs (C(OH)–C–C–N with tert-alkyl or cyclic N) is 1. The van der Waals surface area contributed by atoms with Gasteiger partial charge < -0.3 is 10.4 Å². The third-order valence-electron chi connectivity index (χ3n) is 2.73. The molecule has 0 bridgehead atoms. The van der Waals surface area contributed by atoms with Crippen molar-refractivity contribution in [2.75, 3.05) is 26.7 Å². The van der Waals surface area contributed by atoms with E-state index >= 15 is 0 Å². The lowest BCUT2D eigenvalue weighted by molar-refractivity contribution is -0.00302. The first-order valence-corrected chi connectivity index (χ1v) is 5.34. The van der Waals surface area contributed by atoms with Gasteiger partial charge in [-0.2, -0.15) is 0 Å². The number of aliphatic hydroxyl groups is 1. The summed E-state index contributed by atoms with van der Waals surface area (Å²) in [5.74, 6) is 0. The van der Waals surface area contributed by atoms with Gasteiger partial charge in [0.05, 0.1) is 6.10 Å². The number of likely N-dealkylation sites (N-methyl/N-ethyl adjacent to an activating group) is 1. The van der Waals surface area contributed by atoms with Crippen LogP contribution in [0, 0.1) is 0 Å². The van der Waals surface area contributed by atoms with Crippen molar-refractivity contribution in [3.63, 3.8) is 0 Å². The van der Waals surface area contributed by atoms with Gasteiger partial charge in [0.15, 0.2) is 0 Å². The Kier molecular flexibility index (Phi) is 4.70. The molecule has 13 heavy (non-hydrogen) atoms. The van der Waals surface area contributed by atoms with E-state index in [1.54, 1.807) is 0 Å². The molecular formula is C10H22N2O. The van der Waals surface area contributed by atoms with Crippen LogP contribution < -0.4 is 5.32 Å². The van der Waals surface area contributed by atoms with Gasteiger partial charge in [-0.05, 0) is 13.5 Å². The fraction of sp³-hybridized carbons (Fsp3) is 1.00. The molecule has 1 fully saturated rings. The van der Waals surface area contributed by atoms with Gasteiger partial charge in [-0.3, -0.25) is 4.90 Å². The summed E-state index contributed by atoms with van der Waals surface area (Å²) >= 11 is 0. The van der Waals surface area contributed by atoms with E-state index in [1.807, 2.05) is 7.05 Å². The van der Waals surface area contributed by atoms with Crippen molar-refractivity contribution in [3.05, 3.63) is 0 Å². The predicted octanol–water partition coefficient (Wildman–Crippen LogP) is 0.441. The maximum absolute atomic E-state index is 9.12. The van der Waals surface area contributed by atoms with Crippen molar-refractivity contribution in [2.45, 2.75) is 38.3 Å². The lowest BCUT2D eigenvalue weighted by Gasteiger charge is -2.38. The first-order valence-electron chi connectivity index (χ1n) is 5.34. The third kappa shape index (κ3) is 3.63. The van der Waals surface area contributed by atoms with Crippen LogP contribution >= 0.6 is 0 Å². The van der Waals surface area contributed by atoms with Gasteiger partial charge in [0.2, 0.25) is 0 Å². The van der Waals surface area contributed by atoms with Crippen molar-refractivity contribution >= 4 is 0 Å². The number of nitrogens with zero attached hydrogens (tertiary/aromatic N) is 1. The molecule has 0 unspecified atom stereocenters. The molecule has 1 aliphatic rings. The van der Waals surface area contributed by atoms with Gasteiger partial charge in [0.25, 0.3) is 0 Å². The molecule has 1 saturated heterocycles. The first kappa shape index (κ1) is 11.0. The van der Waals surface area contributed by atoms with Gasteiger partial charge in [-0.25, -0.2) is 0 Å². The van der Waals surface area contributed by atoms with Gasteiger partial charge in [-0.15, -0.1) is 0 Å². The average molecular weight is 186 g/mol. The lowest BCUT2D eigenvalue weighted by Crippen LogP contribution is -2.54. The van der Waals surface area contributed by atoms with Gasteiger partial charge in [0, 0.05) is 25.7 Å². The molecule has 1 aliphatic heterocycles. The average Bonchev–Trinajstić information content (AvgIpc) is 2.08. The second kappa shape index (κ2) is 5.58. The summed E-state index contributed by atoms with van der Waals surface area (Å²) in [7, 11) is 2.02. The monoisotopic (exact) mass is 186 g/mol. The second-order valence-electron chi connectivity index (χ2n) is 4.00. The Morgan fingerprint density at radius 2 is 2.23 bits per heavy atom. The summed E-state index contributed by atoms with van der Waals surface area (Å²) in [5, 5.41) is 12.4. The number of aliphatic hydroxyl groups excluding tert-OH is 1. The highest BCUT2D eigenvalue weighted by atomic mass is 16.3. The van der Waals surface area contributed by atoms with E-state index in [1.165, 1.54) is 19.3 Å². The zero-order valence-corrected chi connectivity index (χ0v) is 8.79. The Balaban J connectivity index is 2.09. The van der Waals surface area contributed by atoms with Crippen LogP contribution in [0.25, 0.3) is 0 Å². The first-order chi connectivity index (χ1) is 6.26. The second-order valence-corrected chi connectivity index (χ2v) is 4.00. The largest absolute Gasteiger partial charge is 0.390 e. The van der Waals surface area contributed by atoms with Gasteiger partial charge in [-0.1, -0.05) is 19.8 Å². The Labute approximate surface area is 81.1 Å². The fourth-order valence-corrected chi connectivity index (χ4v) is 1.78. The minimum absolute atomic E-state index is 0.0660. The van der Waals surface area contributed by atoms with E-state index < -0.39 is 0 Å². The molecule has 3 heteroatoms. The van der Waals surface area contributed by atoms with Crippen LogP contribution in [0.3, 0.4) is 0 Å². The van der Waals surface area contributed by atoms with E-state index in [9.17, 15) is 0 Å². The summed E-state index contributed by atoms with van der Waals surface area (Å²) in [6.45, 7) is 5.04. The van der Waals surface area contributed by atoms with E-state index in [0.29, 0.717) is 6.04 Å². The molecule has 0 radical (unpaired) electrons. The zero-order valence-electron chi connectivity index (χ0n) is 8.79. The molecule has 78 valence electrons. The molecule has 2 N–H and O–H groups in total. The predicted molar refractivity (Wildman–Crippen MR) is 54.8 cm³/mol. The van der Waals surface area contributed by atoms with E-state index in [-0.39, 0.29) is 6.10 Å². The number of nitrogens with one attached hydrogen (secondary N) is 1. The molecule has 0 aliphatic carbocycles. The number of unbranched alkanes of at least 4 members (excludes halogenated alkanes) is 1. The molecule has 1 heterocycles. The van der Waals surface area contributed by atoms with Crippen molar-refractivity contribution in [2.24, 2.45) is 0 Å². The Morgan fingerprint density at radius 1 is 1.54 bits per heavy atom. The highest BCUT2D eigenvalue weighted by Gasteiger charge is 2.25. The Morgan fingerprint density at radius 3 is 2.69 bits per heavy atom. The molecule has 0 aromatic carbocycles. The van der Waals surface area contributed by atoms with Crippen LogP contribution in [0.15, 0.2) is 0 Å². The van der Waals surface area contributed by atoms with Crippen LogP contribution in [0.4, 0.5) is 0 Å². The number of hydrogen-bond acceptors (Lipinski definition) is 3. The van der Waals surface area contributed by atoms with E-state index in [4.69, 9.17) is 5.11 Å². The summed E-state index contributed by atoms with van der Waals surface area (Å²) < 4.78 is 0. The molecule has 0 aromatic heterocycles. The summed E-state index contributed by atoms with van der Waals surface area (Å²) in [6.07, 6.45) is 3.74. The highest BCUT2D eigenvalue weighted by molar-refractivity contribution is 4.82. The SMILES string of the molecule is CCCC[C@H](CN1CC(O)C1)NC. The highest BCUT2D eigenvalue weighted by Crippen LogP contribution is 2.10. The maximum Gasteiger partial charge on any atom is 0.0793 e. The number of hydrogen-bond donors (Lipinski definition) is 2. The van der Waals surface area contributed by atoms with Crippen LogP contribution in [0.5, 0.6) is 0 Å². The van der Waals surface area contributed by atoms with Crippen molar-refractivity contribution in [1.29, 1.82) is 0 Å². The Bertz CT molecular complexity index is 135. The minimum atomic E-state index is -0.0660. The standard InChI is InChI=1S/C10H22N2O/c1-3-4-5-9(11-2)6-12-7-10(13)8-12/h9-11,13H,3-8H2,1-2H3/t9-/m1/s1. The van der Waals surface area contributed by atoms with Gasteiger partial charge in [0.1, 0.15) is 0 Å². The maximum atomic E-state index is 9.12. The quantitative estimate of drug-likeness (QED) is 0.632. The van der Waals surface area contributed by atoms with Crippen LogP contribution in [0.1, 0.15) is 26.2 Å². The Hall–Kier alpha value is -0.120. The minimum Gasteiger partial charge on any atom is -0.390 e. The van der Waals surface area contributed by atoms with Crippen molar-refractivity contribution in [3.8, 4) is 0 Å². The zero-order chi connectivity index (χ0) is 9.68. The number of rotatable bonds is 6. The molecule has 0 aromatic rings. The number of likely N-dealkylation sites (tertiary alicyclic amines) is 1. The fourth-order valence-electron chi connectivity index (χ4n) is 1.78. The van der Waals surface area contributed by atoms with Crippen molar-refractivity contribution < 1.29 is 5.11 Å². The molecular weight excluding hydrogens is 164 g/mol. The van der Waals surface area contributed by atoms with Gasteiger partial charge >= 0.3 is 0 Å². The molecule has 3 nitrogen and oxygen atoms in total. The van der Waals surface area contributed by atoms with Crippen LogP contribution in [-0.2, 0) is 0 Å². The summed E-state index contributed by atoms with van der Waals surface area (Å²) in [4.78, 5) is 2.31. The van der Waals surface area contributed by atoms with E-state index in [0.717, 1.165) is 19.6 Å². The molecule has 1 atom stereocenters. The van der Waals surface area contributed by atoms with Crippen LogP contribution in [-0.4, -0.2) is 48.8 Å². The molecule has 0 spiro atoms. The lowest BCUT2D eigenvalue weighted by atomic mass is 10.1. The smallest absolute Gasteiger partial charge is 0.0793 e.